The Balaban J connectivity index is 1.89. The Morgan fingerprint density at radius 3 is 2.34 bits per heavy atom. The van der Waals surface area contributed by atoms with Crippen LogP contribution in [0.5, 0.6) is 5.75 Å². The fourth-order valence-corrected chi connectivity index (χ4v) is 2.86. The van der Waals surface area contributed by atoms with Gasteiger partial charge < -0.3 is 25.4 Å². The summed E-state index contributed by atoms with van der Waals surface area (Å²) in [5.41, 5.74) is 5.36. The molecule has 2 amide bonds. The van der Waals surface area contributed by atoms with Gasteiger partial charge in [-0.25, -0.2) is 4.79 Å². The molecule has 1 aliphatic heterocycles. The van der Waals surface area contributed by atoms with Crippen LogP contribution in [-0.2, 0) is 4.74 Å². The molecule has 0 radical (unpaired) electrons. The van der Waals surface area contributed by atoms with Gasteiger partial charge in [0, 0.05) is 24.7 Å². The van der Waals surface area contributed by atoms with Crippen molar-refractivity contribution in [3.63, 3.8) is 0 Å². The number of anilines is 1. The van der Waals surface area contributed by atoms with Crippen molar-refractivity contribution in [2.24, 2.45) is 0 Å². The lowest BCUT2D eigenvalue weighted by molar-refractivity contribution is -0.153. The van der Waals surface area contributed by atoms with Gasteiger partial charge in [0.25, 0.3) is 5.91 Å². The summed E-state index contributed by atoms with van der Waals surface area (Å²) >= 11 is 0. The minimum Gasteiger partial charge on any atom is -0.482 e. The Kier molecular flexibility index (Phi) is 6.86. The van der Waals surface area contributed by atoms with Gasteiger partial charge in [0.2, 0.25) is 0 Å². The summed E-state index contributed by atoms with van der Waals surface area (Å²) in [6.07, 6.45) is -3.84. The highest BCUT2D eigenvalue weighted by Gasteiger charge is 2.29. The SMILES string of the molecule is CC(C)(C)OC(=O)NC1CCN(C(=O)c2ccc(OCC(F)(F)F)c(N)c2)CC1. The number of alkyl halides is 3. The van der Waals surface area contributed by atoms with E-state index in [0.29, 0.717) is 25.9 Å². The molecule has 162 valence electrons. The molecule has 0 bridgehead atoms. The third-order valence-electron chi connectivity index (χ3n) is 4.15. The van der Waals surface area contributed by atoms with E-state index in [9.17, 15) is 22.8 Å². The van der Waals surface area contributed by atoms with Crippen molar-refractivity contribution < 1.29 is 32.2 Å². The normalized spacial score (nSPS) is 15.7. The molecule has 10 heteroatoms. The van der Waals surface area contributed by atoms with Crippen LogP contribution in [0.1, 0.15) is 44.0 Å². The molecule has 1 fully saturated rings. The first-order valence-electron chi connectivity index (χ1n) is 9.22. The summed E-state index contributed by atoms with van der Waals surface area (Å²) in [6.45, 7) is 4.72. The first kappa shape index (κ1) is 22.6. The van der Waals surface area contributed by atoms with E-state index >= 15 is 0 Å². The minimum atomic E-state index is -4.47. The van der Waals surface area contributed by atoms with Gasteiger partial charge in [0.05, 0.1) is 5.69 Å². The van der Waals surface area contributed by atoms with E-state index in [4.69, 9.17) is 10.5 Å². The number of hydrogen-bond donors (Lipinski definition) is 2. The highest BCUT2D eigenvalue weighted by molar-refractivity contribution is 5.95. The third kappa shape index (κ3) is 7.35. The van der Waals surface area contributed by atoms with E-state index in [1.54, 1.807) is 25.7 Å². The minimum absolute atomic E-state index is 0.0402. The Bertz CT molecular complexity index is 739. The van der Waals surface area contributed by atoms with Gasteiger partial charge in [-0.15, -0.1) is 0 Å². The number of alkyl carbamates (subject to hydrolysis) is 1. The molecule has 7 nitrogen and oxygen atoms in total. The Morgan fingerprint density at radius 2 is 1.83 bits per heavy atom. The molecule has 1 aliphatic rings. The van der Waals surface area contributed by atoms with E-state index in [0.717, 1.165) is 0 Å². The van der Waals surface area contributed by atoms with Crippen LogP contribution < -0.4 is 15.8 Å². The average Bonchev–Trinajstić information content (AvgIpc) is 2.58. The lowest BCUT2D eigenvalue weighted by Gasteiger charge is -2.33. The second kappa shape index (κ2) is 8.79. The number of benzene rings is 1. The molecule has 3 N–H and O–H groups in total. The van der Waals surface area contributed by atoms with Crippen LogP contribution in [-0.4, -0.2) is 54.4 Å². The Morgan fingerprint density at radius 1 is 1.21 bits per heavy atom. The summed E-state index contributed by atoms with van der Waals surface area (Å²) in [6, 6.07) is 3.84. The number of carbonyl (C=O) groups is 2. The molecule has 1 aromatic carbocycles. The standard InChI is InChI=1S/C19H26F3N3O4/c1-18(2,3)29-17(27)24-13-6-8-25(9-7-13)16(26)12-4-5-15(14(23)10-12)28-11-19(20,21)22/h4-5,10,13H,6-9,11,23H2,1-3H3,(H,24,27). The summed E-state index contributed by atoms with van der Waals surface area (Å²) in [5.74, 6) is -0.408. The largest absolute Gasteiger partial charge is 0.482 e. The van der Waals surface area contributed by atoms with Crippen LogP contribution in [0, 0.1) is 0 Å². The second-order valence-corrected chi connectivity index (χ2v) is 7.87. The quantitative estimate of drug-likeness (QED) is 0.733. The van der Waals surface area contributed by atoms with Gasteiger partial charge in [0.1, 0.15) is 11.4 Å². The number of nitrogen functional groups attached to an aromatic ring is 1. The Labute approximate surface area is 167 Å². The molecule has 29 heavy (non-hydrogen) atoms. The molecular formula is C19H26F3N3O4. The zero-order valence-corrected chi connectivity index (χ0v) is 16.6. The predicted octanol–water partition coefficient (Wildman–Crippen LogP) is 3.34. The molecule has 0 spiro atoms. The molecule has 1 heterocycles. The van der Waals surface area contributed by atoms with Gasteiger partial charge in [-0.1, -0.05) is 0 Å². The number of rotatable bonds is 4. The smallest absolute Gasteiger partial charge is 0.422 e. The number of ether oxygens (including phenoxy) is 2. The second-order valence-electron chi connectivity index (χ2n) is 7.87. The van der Waals surface area contributed by atoms with Crippen LogP contribution in [0.2, 0.25) is 0 Å². The fraction of sp³-hybridized carbons (Fsp3) is 0.579. The van der Waals surface area contributed by atoms with Crippen LogP contribution in [0.25, 0.3) is 0 Å². The van der Waals surface area contributed by atoms with Crippen LogP contribution >= 0.6 is 0 Å². The lowest BCUT2D eigenvalue weighted by Crippen LogP contribution is -2.47. The van der Waals surface area contributed by atoms with E-state index in [1.807, 2.05) is 0 Å². The lowest BCUT2D eigenvalue weighted by atomic mass is 10.0. The molecule has 0 unspecified atom stereocenters. The van der Waals surface area contributed by atoms with Crippen LogP contribution in [0.15, 0.2) is 18.2 Å². The first-order chi connectivity index (χ1) is 13.3. The number of carbonyl (C=O) groups excluding carboxylic acids is 2. The van der Waals surface area contributed by atoms with Crippen molar-refractivity contribution >= 4 is 17.7 Å². The zero-order valence-electron chi connectivity index (χ0n) is 16.6. The average molecular weight is 417 g/mol. The maximum absolute atomic E-state index is 12.6. The van der Waals surface area contributed by atoms with E-state index < -0.39 is 24.5 Å². The number of likely N-dealkylation sites (tertiary alicyclic amines) is 1. The van der Waals surface area contributed by atoms with Crippen molar-refractivity contribution in [2.75, 3.05) is 25.4 Å². The van der Waals surface area contributed by atoms with E-state index in [2.05, 4.69) is 10.1 Å². The topological polar surface area (TPSA) is 93.9 Å². The molecule has 0 aromatic heterocycles. The number of amides is 2. The summed E-state index contributed by atoms with van der Waals surface area (Å²) in [5, 5.41) is 2.79. The van der Waals surface area contributed by atoms with Crippen molar-refractivity contribution in [3.05, 3.63) is 23.8 Å². The van der Waals surface area contributed by atoms with Gasteiger partial charge in [-0.05, 0) is 51.8 Å². The maximum Gasteiger partial charge on any atom is 0.422 e. The van der Waals surface area contributed by atoms with Gasteiger partial charge in [-0.3, -0.25) is 4.79 Å². The summed E-state index contributed by atoms with van der Waals surface area (Å²) < 4.78 is 46.6. The first-order valence-corrected chi connectivity index (χ1v) is 9.22. The number of nitrogens with two attached hydrogens (primary N) is 1. The number of nitrogens with zero attached hydrogens (tertiary/aromatic N) is 1. The monoisotopic (exact) mass is 417 g/mol. The third-order valence-corrected chi connectivity index (χ3v) is 4.15. The molecule has 0 atom stereocenters. The van der Waals surface area contributed by atoms with Crippen molar-refractivity contribution in [2.45, 2.75) is 51.4 Å². The van der Waals surface area contributed by atoms with Crippen LogP contribution in [0.3, 0.4) is 0 Å². The highest BCUT2D eigenvalue weighted by atomic mass is 19.4. The van der Waals surface area contributed by atoms with Gasteiger partial charge >= 0.3 is 12.3 Å². The van der Waals surface area contributed by atoms with Crippen molar-refractivity contribution in [1.29, 1.82) is 0 Å². The van der Waals surface area contributed by atoms with Gasteiger partial charge in [-0.2, -0.15) is 13.2 Å². The van der Waals surface area contributed by atoms with Crippen LogP contribution in [0.4, 0.5) is 23.7 Å². The molecular weight excluding hydrogens is 391 g/mol. The number of hydrogen-bond acceptors (Lipinski definition) is 5. The maximum atomic E-state index is 12.6. The summed E-state index contributed by atoms with van der Waals surface area (Å²) in [7, 11) is 0. The fourth-order valence-electron chi connectivity index (χ4n) is 2.86. The summed E-state index contributed by atoms with van der Waals surface area (Å²) in [4.78, 5) is 26.1. The molecule has 2 rings (SSSR count). The van der Waals surface area contributed by atoms with Crippen molar-refractivity contribution in [3.8, 4) is 5.75 Å². The van der Waals surface area contributed by atoms with Gasteiger partial charge in [0.15, 0.2) is 6.61 Å². The molecule has 1 saturated heterocycles. The predicted molar refractivity (Wildman–Crippen MR) is 101 cm³/mol. The number of halogens is 3. The Hall–Kier alpha value is -2.65. The molecule has 0 saturated carbocycles. The van der Waals surface area contributed by atoms with Crippen molar-refractivity contribution in [1.82, 2.24) is 10.2 Å². The molecule has 0 aliphatic carbocycles. The van der Waals surface area contributed by atoms with E-state index in [-0.39, 0.29) is 28.9 Å². The molecule has 1 aromatic rings. The highest BCUT2D eigenvalue weighted by Crippen LogP contribution is 2.26. The zero-order chi connectivity index (χ0) is 21.8. The number of nitrogens with one attached hydrogen (secondary N) is 1. The number of piperidine rings is 1. The van der Waals surface area contributed by atoms with E-state index in [1.165, 1.54) is 18.2 Å².